The minimum absolute atomic E-state index is 0.137. The number of carbonyl (C=O) groups excluding carboxylic acids is 1. The third-order valence-electron chi connectivity index (χ3n) is 3.44. The highest BCUT2D eigenvalue weighted by Gasteiger charge is 2.11. The Hall–Kier alpha value is -3.24. The molecule has 2 aromatic carbocycles. The van der Waals surface area contributed by atoms with Crippen LogP contribution in [0.25, 0.3) is 11.3 Å². The van der Waals surface area contributed by atoms with Crippen LogP contribution < -0.4 is 5.43 Å². The molecule has 0 saturated carbocycles. The van der Waals surface area contributed by atoms with Crippen molar-refractivity contribution in [2.24, 2.45) is 5.10 Å². The number of hydrogen-bond acceptors (Lipinski definition) is 4. The van der Waals surface area contributed by atoms with Gasteiger partial charge in [0.2, 0.25) is 0 Å². The highest BCUT2D eigenvalue weighted by Crippen LogP contribution is 2.24. The normalized spacial score (nSPS) is 10.7. The van der Waals surface area contributed by atoms with Crippen molar-refractivity contribution < 1.29 is 13.6 Å². The van der Waals surface area contributed by atoms with E-state index in [-0.39, 0.29) is 11.1 Å². The summed E-state index contributed by atoms with van der Waals surface area (Å²) in [4.78, 5) is 11.9. The molecule has 0 aliphatic carbocycles. The highest BCUT2D eigenvalue weighted by molar-refractivity contribution is 9.10. The number of rotatable bonds is 4. The topological polar surface area (TPSA) is 78.4 Å². The van der Waals surface area contributed by atoms with Gasteiger partial charge >= 0.3 is 0 Å². The molecule has 1 aromatic heterocycles. The number of benzene rings is 2. The second kappa shape index (κ2) is 7.76. The first-order valence-electron chi connectivity index (χ1n) is 7.45. The second-order valence-electron chi connectivity index (χ2n) is 5.22. The number of nitrogens with one attached hydrogen (secondary N) is 1. The zero-order valence-corrected chi connectivity index (χ0v) is 14.8. The lowest BCUT2D eigenvalue weighted by atomic mass is 10.1. The van der Waals surface area contributed by atoms with Crippen molar-refractivity contribution in [1.82, 2.24) is 5.43 Å². The van der Waals surface area contributed by atoms with E-state index in [1.165, 1.54) is 18.3 Å². The van der Waals surface area contributed by atoms with Crippen LogP contribution in [0.4, 0.5) is 4.39 Å². The predicted octanol–water partition coefficient (Wildman–Crippen LogP) is 4.48. The van der Waals surface area contributed by atoms with Gasteiger partial charge in [-0.15, -0.1) is 0 Å². The summed E-state index contributed by atoms with van der Waals surface area (Å²) in [6.45, 7) is 0. The Morgan fingerprint density at radius 3 is 2.81 bits per heavy atom. The maximum atomic E-state index is 13.8. The van der Waals surface area contributed by atoms with Crippen molar-refractivity contribution in [2.75, 3.05) is 0 Å². The third kappa shape index (κ3) is 4.05. The predicted molar refractivity (Wildman–Crippen MR) is 98.0 cm³/mol. The van der Waals surface area contributed by atoms with Gasteiger partial charge in [0, 0.05) is 10.0 Å². The molecule has 0 bridgehead atoms. The number of hydrogen-bond donors (Lipinski definition) is 1. The molecule has 26 heavy (non-hydrogen) atoms. The molecule has 0 spiro atoms. The van der Waals surface area contributed by atoms with Crippen molar-refractivity contribution >= 4 is 28.1 Å². The first-order valence-corrected chi connectivity index (χ1v) is 8.25. The zero-order valence-electron chi connectivity index (χ0n) is 13.2. The summed E-state index contributed by atoms with van der Waals surface area (Å²) in [6, 6.07) is 16.5. The quantitative estimate of drug-likeness (QED) is 0.507. The first-order chi connectivity index (χ1) is 12.6. The number of halogens is 2. The van der Waals surface area contributed by atoms with Crippen molar-refractivity contribution in [2.45, 2.75) is 0 Å². The molecular formula is C19H11BrFN3O2. The molecule has 0 saturated heterocycles. The number of nitriles is 1. The van der Waals surface area contributed by atoms with Crippen LogP contribution >= 0.6 is 15.9 Å². The third-order valence-corrected chi connectivity index (χ3v) is 3.93. The van der Waals surface area contributed by atoms with E-state index in [2.05, 4.69) is 26.5 Å². The molecule has 1 amide bonds. The maximum Gasteiger partial charge on any atom is 0.274 e. The largest absolute Gasteiger partial charge is 0.455 e. The van der Waals surface area contributed by atoms with Crippen LogP contribution in [-0.2, 0) is 0 Å². The molecule has 0 aliphatic heterocycles. The second-order valence-corrected chi connectivity index (χ2v) is 6.13. The van der Waals surface area contributed by atoms with Gasteiger partial charge in [-0.1, -0.05) is 28.1 Å². The Morgan fingerprint density at radius 2 is 2.08 bits per heavy atom. The summed E-state index contributed by atoms with van der Waals surface area (Å²) in [5, 5.41) is 12.5. The summed E-state index contributed by atoms with van der Waals surface area (Å²) >= 11 is 3.40. The standard InChI is InChI=1S/C19H11BrFN3O2/c20-14-3-1-2-13(9-14)18-7-5-15(26-18)11-23-24-19(25)16-6-4-12(10-22)8-17(16)21/h1-9,11H,(H,24,25)/b23-11-. The summed E-state index contributed by atoms with van der Waals surface area (Å²) in [7, 11) is 0. The lowest BCUT2D eigenvalue weighted by Crippen LogP contribution is -2.19. The molecule has 5 nitrogen and oxygen atoms in total. The van der Waals surface area contributed by atoms with Crippen LogP contribution in [0.1, 0.15) is 21.7 Å². The minimum Gasteiger partial charge on any atom is -0.455 e. The highest BCUT2D eigenvalue weighted by atomic mass is 79.9. The smallest absolute Gasteiger partial charge is 0.274 e. The first kappa shape index (κ1) is 17.6. The van der Waals surface area contributed by atoms with Gasteiger partial charge in [-0.2, -0.15) is 10.4 Å². The van der Waals surface area contributed by atoms with Gasteiger partial charge in [-0.3, -0.25) is 4.79 Å². The number of hydrazone groups is 1. The molecule has 3 aromatic rings. The Balaban J connectivity index is 1.68. The molecule has 0 fully saturated rings. The van der Waals surface area contributed by atoms with Gasteiger partial charge in [0.15, 0.2) is 0 Å². The molecule has 3 rings (SSSR count). The molecule has 128 valence electrons. The number of nitrogens with zero attached hydrogens (tertiary/aromatic N) is 2. The summed E-state index contributed by atoms with van der Waals surface area (Å²) in [5.74, 6) is -0.425. The number of carbonyl (C=O) groups is 1. The van der Waals surface area contributed by atoms with Gasteiger partial charge in [0.1, 0.15) is 17.3 Å². The van der Waals surface area contributed by atoms with Crippen molar-refractivity contribution in [3.05, 3.63) is 81.8 Å². The Kier molecular flexibility index (Phi) is 5.25. The Bertz CT molecular complexity index is 1040. The van der Waals surface area contributed by atoms with Gasteiger partial charge in [-0.25, -0.2) is 9.82 Å². The van der Waals surface area contributed by atoms with Gasteiger partial charge in [-0.05, 0) is 42.5 Å². The van der Waals surface area contributed by atoms with Crippen LogP contribution in [0.2, 0.25) is 0 Å². The number of amides is 1. The van der Waals surface area contributed by atoms with E-state index in [9.17, 15) is 9.18 Å². The van der Waals surface area contributed by atoms with E-state index in [4.69, 9.17) is 9.68 Å². The van der Waals surface area contributed by atoms with Crippen LogP contribution in [-0.4, -0.2) is 12.1 Å². The van der Waals surface area contributed by atoms with Crippen molar-refractivity contribution in [1.29, 1.82) is 5.26 Å². The lowest BCUT2D eigenvalue weighted by Gasteiger charge is -2.01. The summed E-state index contributed by atoms with van der Waals surface area (Å²) in [5.41, 5.74) is 3.05. The fourth-order valence-electron chi connectivity index (χ4n) is 2.20. The van der Waals surface area contributed by atoms with E-state index in [1.807, 2.05) is 24.3 Å². The fraction of sp³-hybridized carbons (Fsp3) is 0. The maximum absolute atomic E-state index is 13.8. The van der Waals surface area contributed by atoms with E-state index in [1.54, 1.807) is 18.2 Å². The summed E-state index contributed by atoms with van der Waals surface area (Å²) in [6.07, 6.45) is 1.32. The molecule has 0 radical (unpaired) electrons. The average molecular weight is 412 g/mol. The Labute approximate surface area is 156 Å². The monoisotopic (exact) mass is 411 g/mol. The molecule has 0 atom stereocenters. The Morgan fingerprint density at radius 1 is 1.23 bits per heavy atom. The van der Waals surface area contributed by atoms with Crippen LogP contribution in [0.5, 0.6) is 0 Å². The van der Waals surface area contributed by atoms with E-state index >= 15 is 0 Å². The molecular weight excluding hydrogens is 401 g/mol. The average Bonchev–Trinajstić information content (AvgIpc) is 3.10. The zero-order chi connectivity index (χ0) is 18.5. The minimum atomic E-state index is -0.785. The van der Waals surface area contributed by atoms with E-state index in [0.717, 1.165) is 16.1 Å². The van der Waals surface area contributed by atoms with Gasteiger partial charge in [0.25, 0.3) is 5.91 Å². The van der Waals surface area contributed by atoms with Crippen molar-refractivity contribution in [3.8, 4) is 17.4 Å². The van der Waals surface area contributed by atoms with Gasteiger partial charge < -0.3 is 4.42 Å². The molecule has 1 heterocycles. The van der Waals surface area contributed by atoms with Gasteiger partial charge in [0.05, 0.1) is 23.4 Å². The molecule has 1 N–H and O–H groups in total. The van der Waals surface area contributed by atoms with Crippen LogP contribution in [0.3, 0.4) is 0 Å². The van der Waals surface area contributed by atoms with E-state index < -0.39 is 11.7 Å². The van der Waals surface area contributed by atoms with E-state index in [0.29, 0.717) is 11.5 Å². The number of furan rings is 1. The molecule has 7 heteroatoms. The van der Waals surface area contributed by atoms with Crippen LogP contribution in [0.15, 0.2) is 68.6 Å². The summed E-state index contributed by atoms with van der Waals surface area (Å²) < 4.78 is 20.3. The molecule has 0 aliphatic rings. The SMILES string of the molecule is N#Cc1ccc(C(=O)N/N=C\c2ccc(-c3cccc(Br)c3)o2)c(F)c1. The lowest BCUT2D eigenvalue weighted by molar-refractivity contribution is 0.0951. The molecule has 0 unspecified atom stereocenters. The fourth-order valence-corrected chi connectivity index (χ4v) is 2.60. The van der Waals surface area contributed by atoms with Crippen molar-refractivity contribution in [3.63, 3.8) is 0 Å². The van der Waals surface area contributed by atoms with Crippen LogP contribution in [0, 0.1) is 17.1 Å².